The van der Waals surface area contributed by atoms with Crippen LogP contribution >= 0.6 is 0 Å². The van der Waals surface area contributed by atoms with Crippen molar-refractivity contribution in [3.63, 3.8) is 0 Å². The third-order valence-corrected chi connectivity index (χ3v) is 12.9. The summed E-state index contributed by atoms with van der Waals surface area (Å²) in [6.07, 6.45) is -42.8. The zero-order valence-corrected chi connectivity index (χ0v) is 44.3. The molecule has 0 aromatic carbocycles. The van der Waals surface area contributed by atoms with Gasteiger partial charge in [-0.25, -0.2) is 41.8 Å². The van der Waals surface area contributed by atoms with Gasteiger partial charge in [0, 0.05) is 14.2 Å². The zero-order chi connectivity index (χ0) is 59.2. The third kappa shape index (κ3) is 27.3. The highest BCUT2D eigenvalue weighted by molar-refractivity contribution is 7.83. The van der Waals surface area contributed by atoms with E-state index in [1.807, 2.05) is 0 Å². The fourth-order valence-electron chi connectivity index (χ4n) is 6.14. The standard InChI is InChI=1S/C20H38O46S10/c1-51-11(12(52-2)10(60-70(30,31)32)6-56-68(24,25)26)9(59-69(27,28)29)4-54-20-17(65-75(45,46)47)15(63-73(39,40)41)13(61-71(33,34)35)7(57-20)3-53-19-18(66-76(48,49)50)16(64-74(42,43)44)14(62-72(36,37)38)8(58-19)5-55-67(21,22)23/h7-20H,3-6H2,1-2H3,(H,21,22,23)(H,24,25,26)(H,27,28,29)(H,30,31,32)(H,33,34,35)(H,36,37,38)(H,39,40,41)(H,42,43,44)(H,45,46,47)(H,48,49,50)/t7-,8-,9-,10-,11-,12-,13-,14-,15+,16+,17-,18-,19-,20-/m1/s1. The van der Waals surface area contributed by atoms with Gasteiger partial charge in [0.2, 0.25) is 0 Å². The highest BCUT2D eigenvalue weighted by atomic mass is 32.3. The molecule has 2 aliphatic heterocycles. The lowest BCUT2D eigenvalue weighted by molar-refractivity contribution is -0.321. The van der Waals surface area contributed by atoms with Crippen molar-refractivity contribution in [1.82, 2.24) is 0 Å². The molecule has 56 heteroatoms. The van der Waals surface area contributed by atoms with Gasteiger partial charge in [-0.05, 0) is 0 Å². The molecule has 76 heavy (non-hydrogen) atoms. The summed E-state index contributed by atoms with van der Waals surface area (Å²) in [6, 6.07) is 0. The Morgan fingerprint density at radius 3 is 0.934 bits per heavy atom. The molecule has 0 aromatic heterocycles. The van der Waals surface area contributed by atoms with Crippen molar-refractivity contribution < 1.29 is 200 Å². The van der Waals surface area contributed by atoms with E-state index < -0.39 is 216 Å². The smallest absolute Gasteiger partial charge is 0.376 e. The van der Waals surface area contributed by atoms with Gasteiger partial charge in [0.25, 0.3) is 0 Å². The Bertz CT molecular complexity index is 3120. The Morgan fingerprint density at radius 2 is 0.632 bits per heavy atom. The van der Waals surface area contributed by atoms with Gasteiger partial charge in [0.1, 0.15) is 61.0 Å². The van der Waals surface area contributed by atoms with Crippen molar-refractivity contribution in [3.05, 3.63) is 0 Å². The number of hydrogen-bond donors (Lipinski definition) is 10. The normalized spacial score (nSPS) is 27.8. The molecule has 0 aromatic rings. The summed E-state index contributed by atoms with van der Waals surface area (Å²) < 4.78 is 404. The average Bonchev–Trinajstić information content (AvgIpc) is 3.15. The van der Waals surface area contributed by atoms with E-state index in [9.17, 15) is 121 Å². The molecule has 2 heterocycles. The molecular weight excluding hydrogens is 1300 g/mol. The van der Waals surface area contributed by atoms with Crippen molar-refractivity contribution in [1.29, 1.82) is 0 Å². The van der Waals surface area contributed by atoms with Gasteiger partial charge in [0.15, 0.2) is 24.8 Å². The molecule has 2 aliphatic rings. The van der Waals surface area contributed by atoms with E-state index in [1.165, 1.54) is 0 Å². The van der Waals surface area contributed by atoms with Crippen LogP contribution in [0.3, 0.4) is 0 Å². The quantitative estimate of drug-likeness (QED) is 0.0273. The predicted molar refractivity (Wildman–Crippen MR) is 217 cm³/mol. The summed E-state index contributed by atoms with van der Waals surface area (Å²) >= 11 is 0. The molecule has 2 saturated heterocycles. The van der Waals surface area contributed by atoms with Crippen LogP contribution in [-0.2, 0) is 174 Å². The fraction of sp³-hybridized carbons (Fsp3) is 1.00. The van der Waals surface area contributed by atoms with Crippen molar-refractivity contribution in [3.8, 4) is 0 Å². The summed E-state index contributed by atoms with van der Waals surface area (Å²) in [5.41, 5.74) is 0. The zero-order valence-electron chi connectivity index (χ0n) is 36.2. The Kier molecular flexibility index (Phi) is 24.7. The van der Waals surface area contributed by atoms with E-state index >= 15 is 0 Å². The van der Waals surface area contributed by atoms with Crippen molar-refractivity contribution in [2.24, 2.45) is 0 Å². The van der Waals surface area contributed by atoms with Gasteiger partial charge in [-0.3, -0.25) is 45.5 Å². The lowest BCUT2D eigenvalue weighted by Crippen LogP contribution is -2.65. The van der Waals surface area contributed by atoms with Crippen molar-refractivity contribution >= 4 is 104 Å². The number of rotatable bonds is 33. The maximum absolute atomic E-state index is 12.2. The molecule has 0 amide bonds. The molecule has 10 N–H and O–H groups in total. The van der Waals surface area contributed by atoms with E-state index in [2.05, 4.69) is 41.8 Å². The van der Waals surface area contributed by atoms with E-state index in [1.54, 1.807) is 0 Å². The maximum atomic E-state index is 12.2. The molecule has 2 rings (SSSR count). The number of hydrogen-bond acceptors (Lipinski definition) is 36. The maximum Gasteiger partial charge on any atom is 0.397 e. The molecule has 0 radical (unpaired) electrons. The molecule has 454 valence electrons. The first-order valence-corrected chi connectivity index (χ1v) is 31.5. The number of ether oxygens (including phenoxy) is 6. The van der Waals surface area contributed by atoms with E-state index in [-0.39, 0.29) is 0 Å². The van der Waals surface area contributed by atoms with Crippen LogP contribution in [-0.4, -0.2) is 256 Å². The van der Waals surface area contributed by atoms with Crippen LogP contribution in [0.15, 0.2) is 0 Å². The molecule has 0 bridgehead atoms. The highest BCUT2D eigenvalue weighted by Gasteiger charge is 2.57. The Morgan fingerprint density at radius 1 is 0.342 bits per heavy atom. The second kappa shape index (κ2) is 26.6. The van der Waals surface area contributed by atoms with Crippen LogP contribution in [0.4, 0.5) is 0 Å². The van der Waals surface area contributed by atoms with Crippen LogP contribution in [0.25, 0.3) is 0 Å². The second-order valence-electron chi connectivity index (χ2n) is 13.6. The van der Waals surface area contributed by atoms with Gasteiger partial charge >= 0.3 is 104 Å². The molecule has 14 atom stereocenters. The molecular formula is C20H38O46S10. The summed E-state index contributed by atoms with van der Waals surface area (Å²) in [4.78, 5) is 0. The predicted octanol–water partition coefficient (Wildman–Crippen LogP) is -8.36. The van der Waals surface area contributed by atoms with Gasteiger partial charge in [-0.2, -0.15) is 84.2 Å². The summed E-state index contributed by atoms with van der Waals surface area (Å²) in [6.45, 7) is -7.61. The second-order valence-corrected chi connectivity index (χ2v) is 24.2. The van der Waals surface area contributed by atoms with Gasteiger partial charge in [-0.15, -0.1) is 0 Å². The van der Waals surface area contributed by atoms with Crippen LogP contribution in [0.2, 0.25) is 0 Å². The Balaban J connectivity index is 3.01. The van der Waals surface area contributed by atoms with Crippen LogP contribution in [0.1, 0.15) is 0 Å². The highest BCUT2D eigenvalue weighted by Crippen LogP contribution is 2.36. The minimum atomic E-state index is -6.31. The van der Waals surface area contributed by atoms with E-state index in [4.69, 9.17) is 37.5 Å². The lowest BCUT2D eigenvalue weighted by atomic mass is 9.98. The van der Waals surface area contributed by atoms with Crippen molar-refractivity contribution in [2.45, 2.75) is 85.8 Å². The monoisotopic (exact) mass is 1330 g/mol. The largest absolute Gasteiger partial charge is 0.397 e. The minimum absolute atomic E-state index is 0.515. The summed E-state index contributed by atoms with van der Waals surface area (Å²) in [5.74, 6) is 0. The molecule has 2 fully saturated rings. The number of methoxy groups -OCH3 is 2. The third-order valence-electron chi connectivity index (χ3n) is 8.28. The first-order valence-electron chi connectivity index (χ1n) is 17.9. The first-order chi connectivity index (χ1) is 33.8. The Labute approximate surface area is 428 Å². The van der Waals surface area contributed by atoms with Crippen LogP contribution < -0.4 is 0 Å². The molecule has 0 saturated carbocycles. The molecule has 0 unspecified atom stereocenters. The van der Waals surface area contributed by atoms with Crippen molar-refractivity contribution in [2.75, 3.05) is 40.6 Å². The summed E-state index contributed by atoms with van der Waals surface area (Å²) in [5, 5.41) is 0. The SMILES string of the molecule is CO[C@@H]([C@H](OC)[C@@H](COS(=O)(=O)O)OS(=O)(=O)O)[C@@H](CO[C@@H]1O[C@H](CO[C@@H]2O[C@H](COS(=O)(=O)O)[C@@H](OS(=O)(=O)O)[C@H](OS(=O)(=O)O)[C@H]2OS(=O)(=O)O)[C@@H](OS(=O)(=O)O)[C@H](OS(=O)(=O)O)[C@H]1OS(=O)(=O)O)OS(=O)(=O)O. The van der Waals surface area contributed by atoms with Gasteiger partial charge in [-0.1, -0.05) is 0 Å². The van der Waals surface area contributed by atoms with E-state index in [0.717, 1.165) is 0 Å². The molecule has 0 aliphatic carbocycles. The van der Waals surface area contributed by atoms with Crippen LogP contribution in [0, 0.1) is 0 Å². The molecule has 46 nitrogen and oxygen atoms in total. The van der Waals surface area contributed by atoms with Crippen LogP contribution in [0.5, 0.6) is 0 Å². The lowest BCUT2D eigenvalue weighted by Gasteiger charge is -2.45. The van der Waals surface area contributed by atoms with E-state index in [0.29, 0.717) is 14.2 Å². The topological polar surface area (TPSA) is 691 Å². The fourth-order valence-corrected chi connectivity index (χ4v) is 10.7. The summed E-state index contributed by atoms with van der Waals surface area (Å²) in [7, 11) is -59.4. The Hall–Kier alpha value is -1.54. The molecule has 0 spiro atoms. The first kappa shape index (κ1) is 70.6. The van der Waals surface area contributed by atoms with Gasteiger partial charge < -0.3 is 28.4 Å². The minimum Gasteiger partial charge on any atom is -0.376 e. The van der Waals surface area contributed by atoms with Gasteiger partial charge in [0.05, 0.1) is 26.4 Å². The average molecular weight is 1340 g/mol.